The third-order valence-corrected chi connectivity index (χ3v) is 2.38. The fraction of sp³-hybridized carbons (Fsp3) is 0.500. The normalized spacial score (nSPS) is 15.8. The van der Waals surface area contributed by atoms with Gasteiger partial charge in [0, 0.05) is 5.69 Å². The van der Waals surface area contributed by atoms with Crippen molar-refractivity contribution in [2.75, 3.05) is 0 Å². The molecule has 0 bridgehead atoms. The van der Waals surface area contributed by atoms with E-state index in [-0.39, 0.29) is 10.7 Å². The molecule has 0 unspecified atom stereocenters. The molecule has 0 fully saturated rings. The first-order valence-corrected chi connectivity index (χ1v) is 4.43. The summed E-state index contributed by atoms with van der Waals surface area (Å²) >= 11 is 5.59. The summed E-state index contributed by atoms with van der Waals surface area (Å²) in [6.07, 6.45) is 4.13. The molecule has 2 rings (SSSR count). The number of fused-ring (bicyclic) bond motifs is 1. The summed E-state index contributed by atoms with van der Waals surface area (Å²) in [4.78, 5) is 17.8. The number of aromatic nitrogens is 2. The van der Waals surface area contributed by atoms with Gasteiger partial charge >= 0.3 is 0 Å². The number of hydrogen-bond acceptors (Lipinski definition) is 2. The maximum atomic E-state index is 11.0. The maximum Gasteiger partial charge on any atom is 0.285 e. The molecule has 0 radical (unpaired) electrons. The van der Waals surface area contributed by atoms with Gasteiger partial charge in [-0.3, -0.25) is 4.79 Å². The van der Waals surface area contributed by atoms with E-state index in [0.717, 1.165) is 37.1 Å². The molecule has 1 aliphatic carbocycles. The number of halogens is 1. The Labute approximate surface area is 74.8 Å². The summed E-state index contributed by atoms with van der Waals surface area (Å²) in [5, 5.41) is 0.0654. The highest BCUT2D eigenvalue weighted by Crippen LogP contribution is 2.16. The molecule has 64 valence electrons. The molecular formula is C8H9ClN2O. The number of aromatic amines is 1. The van der Waals surface area contributed by atoms with Gasteiger partial charge in [0.15, 0.2) is 5.15 Å². The van der Waals surface area contributed by atoms with Crippen LogP contribution in [0.3, 0.4) is 0 Å². The van der Waals surface area contributed by atoms with Crippen LogP contribution >= 0.6 is 11.6 Å². The summed E-state index contributed by atoms with van der Waals surface area (Å²) in [6.45, 7) is 0. The summed E-state index contributed by atoms with van der Waals surface area (Å²) in [6, 6.07) is 0. The zero-order valence-electron chi connectivity index (χ0n) is 6.56. The zero-order valence-corrected chi connectivity index (χ0v) is 7.32. The molecule has 4 heteroatoms. The molecule has 0 aliphatic heterocycles. The number of aryl methyl sites for hydroxylation is 2. The smallest absolute Gasteiger partial charge is 0.285 e. The molecule has 12 heavy (non-hydrogen) atoms. The predicted molar refractivity (Wildman–Crippen MR) is 46.5 cm³/mol. The van der Waals surface area contributed by atoms with Crippen molar-refractivity contribution in [1.82, 2.24) is 9.97 Å². The number of rotatable bonds is 0. The summed E-state index contributed by atoms with van der Waals surface area (Å²) in [7, 11) is 0. The topological polar surface area (TPSA) is 45.8 Å². The largest absolute Gasteiger partial charge is 0.322 e. The van der Waals surface area contributed by atoms with Crippen LogP contribution in [0.15, 0.2) is 4.79 Å². The van der Waals surface area contributed by atoms with Crippen LogP contribution in [0.1, 0.15) is 24.2 Å². The lowest BCUT2D eigenvalue weighted by Gasteiger charge is -2.13. The molecule has 0 spiro atoms. The van der Waals surface area contributed by atoms with Crippen LogP contribution in [0.25, 0.3) is 0 Å². The molecule has 0 amide bonds. The minimum absolute atomic E-state index is 0.0654. The first kappa shape index (κ1) is 7.80. The maximum absolute atomic E-state index is 11.0. The molecule has 1 aromatic rings. The highest BCUT2D eigenvalue weighted by molar-refractivity contribution is 6.29. The average molecular weight is 185 g/mol. The van der Waals surface area contributed by atoms with Gasteiger partial charge in [-0.2, -0.15) is 0 Å². The van der Waals surface area contributed by atoms with Crippen molar-refractivity contribution >= 4 is 11.6 Å². The minimum Gasteiger partial charge on any atom is -0.322 e. The summed E-state index contributed by atoms with van der Waals surface area (Å²) in [5.41, 5.74) is 1.67. The van der Waals surface area contributed by atoms with Crippen molar-refractivity contribution in [3.05, 3.63) is 26.9 Å². The molecule has 1 N–H and O–H groups in total. The Morgan fingerprint density at radius 1 is 1.33 bits per heavy atom. The van der Waals surface area contributed by atoms with Gasteiger partial charge in [0.05, 0.1) is 5.69 Å². The Bertz CT molecular complexity index is 359. The first-order chi connectivity index (χ1) is 5.77. The average Bonchev–Trinajstić information content (AvgIpc) is 2.07. The van der Waals surface area contributed by atoms with Crippen molar-refractivity contribution in [3.8, 4) is 0 Å². The second-order valence-electron chi connectivity index (χ2n) is 2.99. The summed E-state index contributed by atoms with van der Waals surface area (Å²) < 4.78 is 0. The van der Waals surface area contributed by atoms with E-state index < -0.39 is 0 Å². The van der Waals surface area contributed by atoms with Gasteiger partial charge in [0.2, 0.25) is 0 Å². The van der Waals surface area contributed by atoms with E-state index in [2.05, 4.69) is 9.97 Å². The highest BCUT2D eigenvalue weighted by Gasteiger charge is 2.12. The van der Waals surface area contributed by atoms with E-state index in [0.29, 0.717) is 0 Å². The van der Waals surface area contributed by atoms with Crippen LogP contribution in [0.4, 0.5) is 0 Å². The fourth-order valence-electron chi connectivity index (χ4n) is 1.51. The molecule has 1 aromatic heterocycles. The van der Waals surface area contributed by atoms with Gasteiger partial charge in [-0.15, -0.1) is 0 Å². The van der Waals surface area contributed by atoms with E-state index in [1.165, 1.54) is 0 Å². The van der Waals surface area contributed by atoms with Crippen molar-refractivity contribution < 1.29 is 0 Å². The Morgan fingerprint density at radius 2 is 2.08 bits per heavy atom. The molecular weight excluding hydrogens is 176 g/mol. The van der Waals surface area contributed by atoms with Gasteiger partial charge in [0.25, 0.3) is 5.56 Å². The third kappa shape index (κ3) is 1.25. The van der Waals surface area contributed by atoms with E-state index in [1.54, 1.807) is 0 Å². The van der Waals surface area contributed by atoms with Crippen LogP contribution < -0.4 is 5.56 Å². The van der Waals surface area contributed by atoms with Gasteiger partial charge in [-0.05, 0) is 25.7 Å². The lowest BCUT2D eigenvalue weighted by molar-refractivity contribution is 0.646. The van der Waals surface area contributed by atoms with Gasteiger partial charge in [-0.25, -0.2) is 4.98 Å². The van der Waals surface area contributed by atoms with E-state index >= 15 is 0 Å². The van der Waals surface area contributed by atoms with Crippen LogP contribution in [0.2, 0.25) is 5.15 Å². The molecule has 1 heterocycles. The van der Waals surface area contributed by atoms with Crippen molar-refractivity contribution in [1.29, 1.82) is 0 Å². The minimum atomic E-state index is -0.266. The molecule has 3 nitrogen and oxygen atoms in total. The predicted octanol–water partition coefficient (Wildman–Crippen LogP) is 1.30. The van der Waals surface area contributed by atoms with Gasteiger partial charge in [0.1, 0.15) is 0 Å². The first-order valence-electron chi connectivity index (χ1n) is 4.05. The van der Waals surface area contributed by atoms with Crippen molar-refractivity contribution in [3.63, 3.8) is 0 Å². The SMILES string of the molecule is O=c1[nH]c2c(nc1Cl)CCCC2. The lowest BCUT2D eigenvalue weighted by Crippen LogP contribution is -2.17. The van der Waals surface area contributed by atoms with E-state index in [4.69, 9.17) is 11.6 Å². The lowest BCUT2D eigenvalue weighted by atomic mass is 10.0. The Kier molecular flexibility index (Phi) is 1.89. The van der Waals surface area contributed by atoms with E-state index in [1.807, 2.05) is 0 Å². The molecule has 1 aliphatic rings. The zero-order chi connectivity index (χ0) is 8.55. The van der Waals surface area contributed by atoms with E-state index in [9.17, 15) is 4.79 Å². The summed E-state index contributed by atoms with van der Waals surface area (Å²) in [5.74, 6) is 0. The molecule has 0 saturated heterocycles. The van der Waals surface area contributed by atoms with Gasteiger partial charge < -0.3 is 4.98 Å². The van der Waals surface area contributed by atoms with Crippen LogP contribution in [-0.2, 0) is 12.8 Å². The highest BCUT2D eigenvalue weighted by atomic mass is 35.5. The second kappa shape index (κ2) is 2.90. The van der Waals surface area contributed by atoms with Gasteiger partial charge in [-0.1, -0.05) is 11.6 Å². The second-order valence-corrected chi connectivity index (χ2v) is 3.35. The molecule has 0 aromatic carbocycles. The number of nitrogens with one attached hydrogen (secondary N) is 1. The van der Waals surface area contributed by atoms with Crippen LogP contribution in [-0.4, -0.2) is 9.97 Å². The van der Waals surface area contributed by atoms with Crippen LogP contribution in [0, 0.1) is 0 Å². The Balaban J connectivity index is 2.56. The quantitative estimate of drug-likeness (QED) is 0.661. The number of hydrogen-bond donors (Lipinski definition) is 1. The Morgan fingerprint density at radius 3 is 2.92 bits per heavy atom. The van der Waals surface area contributed by atoms with Crippen molar-refractivity contribution in [2.24, 2.45) is 0 Å². The number of nitrogens with zero attached hydrogens (tertiary/aromatic N) is 1. The van der Waals surface area contributed by atoms with Crippen LogP contribution in [0.5, 0.6) is 0 Å². The Hall–Kier alpha value is -0.830. The van der Waals surface area contributed by atoms with Crippen molar-refractivity contribution in [2.45, 2.75) is 25.7 Å². The molecule has 0 atom stereocenters. The standard InChI is InChI=1S/C8H9ClN2O/c9-7-8(12)11-6-4-2-1-3-5(6)10-7/h1-4H2,(H,11,12). The number of H-pyrrole nitrogens is 1. The monoisotopic (exact) mass is 184 g/mol. The fourth-order valence-corrected chi connectivity index (χ4v) is 1.65. The third-order valence-electron chi connectivity index (χ3n) is 2.12. The molecule has 0 saturated carbocycles.